The topological polar surface area (TPSA) is 68.5 Å². The first-order chi connectivity index (χ1) is 16.5. The van der Waals surface area contributed by atoms with Gasteiger partial charge < -0.3 is 10.5 Å². The molecular formula is C27H23F2N3O2. The molecule has 1 aliphatic heterocycles. The number of benzene rings is 3. The molecule has 1 aromatic heterocycles. The van der Waals surface area contributed by atoms with E-state index in [4.69, 9.17) is 10.5 Å². The smallest absolute Gasteiger partial charge is 0.250 e. The predicted molar refractivity (Wildman–Crippen MR) is 126 cm³/mol. The van der Waals surface area contributed by atoms with Gasteiger partial charge in [0.15, 0.2) is 11.6 Å². The van der Waals surface area contributed by atoms with Gasteiger partial charge in [-0.2, -0.15) is 0 Å². The highest BCUT2D eigenvalue weighted by atomic mass is 19.2. The summed E-state index contributed by atoms with van der Waals surface area (Å²) in [6.07, 6.45) is 2.14. The Morgan fingerprint density at radius 2 is 1.79 bits per heavy atom. The molecule has 0 atom stereocenters. The van der Waals surface area contributed by atoms with Crippen LogP contribution in [0, 0.1) is 17.6 Å². The van der Waals surface area contributed by atoms with Gasteiger partial charge in [0.05, 0.1) is 5.56 Å². The summed E-state index contributed by atoms with van der Waals surface area (Å²) >= 11 is 0. The van der Waals surface area contributed by atoms with Gasteiger partial charge in [0.2, 0.25) is 11.8 Å². The van der Waals surface area contributed by atoms with E-state index in [2.05, 4.69) is 22.0 Å². The number of nitrogens with zero attached hydrogens (tertiary/aromatic N) is 2. The highest BCUT2D eigenvalue weighted by Gasteiger charge is 2.27. The SMILES string of the molecule is NC(=O)c1ccc(Oc2ccc(CN3CC(Cc4ccc(F)c(F)c4)C3)c3ccccc23)nc1. The summed E-state index contributed by atoms with van der Waals surface area (Å²) in [7, 11) is 0. The standard InChI is InChI=1S/C27H23F2N3O2/c28-23-8-5-17(12-24(23)29)11-18-14-32(15-18)16-20-6-9-25(22-4-2-1-3-21(20)22)34-26-10-7-19(13-31-26)27(30)33/h1-10,12-13,18H,11,14-16H2,(H2,30,33). The van der Waals surface area contributed by atoms with Crippen LogP contribution in [-0.2, 0) is 13.0 Å². The number of fused-ring (bicyclic) bond motifs is 1. The van der Waals surface area contributed by atoms with E-state index in [0.29, 0.717) is 23.1 Å². The van der Waals surface area contributed by atoms with Crippen molar-refractivity contribution in [2.75, 3.05) is 13.1 Å². The third-order valence-electron chi connectivity index (χ3n) is 6.14. The molecule has 1 amide bonds. The van der Waals surface area contributed by atoms with Crippen LogP contribution >= 0.6 is 0 Å². The summed E-state index contributed by atoms with van der Waals surface area (Å²) in [6.45, 7) is 2.60. The molecule has 0 bridgehead atoms. The third-order valence-corrected chi connectivity index (χ3v) is 6.14. The molecule has 0 unspecified atom stereocenters. The van der Waals surface area contributed by atoms with E-state index < -0.39 is 17.5 Å². The number of likely N-dealkylation sites (tertiary alicyclic amines) is 1. The first kappa shape index (κ1) is 22.0. The highest BCUT2D eigenvalue weighted by Crippen LogP contribution is 2.33. The van der Waals surface area contributed by atoms with Crippen molar-refractivity contribution in [1.29, 1.82) is 0 Å². The van der Waals surface area contributed by atoms with Gasteiger partial charge in [-0.05, 0) is 53.1 Å². The normalized spacial score (nSPS) is 14.2. The number of rotatable bonds is 7. The van der Waals surface area contributed by atoms with Gasteiger partial charge in [-0.25, -0.2) is 13.8 Å². The van der Waals surface area contributed by atoms with Crippen molar-refractivity contribution in [2.45, 2.75) is 13.0 Å². The monoisotopic (exact) mass is 459 g/mol. The van der Waals surface area contributed by atoms with Gasteiger partial charge in [-0.3, -0.25) is 9.69 Å². The van der Waals surface area contributed by atoms with Crippen LogP contribution in [0.4, 0.5) is 8.78 Å². The molecule has 1 saturated heterocycles. The van der Waals surface area contributed by atoms with Gasteiger partial charge in [0.1, 0.15) is 5.75 Å². The lowest BCUT2D eigenvalue weighted by atomic mass is 9.91. The van der Waals surface area contributed by atoms with Crippen molar-refractivity contribution in [3.63, 3.8) is 0 Å². The fourth-order valence-electron chi connectivity index (χ4n) is 4.44. The van der Waals surface area contributed by atoms with Crippen molar-refractivity contribution in [3.05, 3.63) is 101 Å². The maximum Gasteiger partial charge on any atom is 0.250 e. The average molecular weight is 459 g/mol. The lowest BCUT2D eigenvalue weighted by Crippen LogP contribution is -2.46. The maximum atomic E-state index is 13.5. The van der Waals surface area contributed by atoms with Crippen molar-refractivity contribution in [2.24, 2.45) is 11.7 Å². The Bertz CT molecular complexity index is 1350. The fraction of sp³-hybridized carbons (Fsp3) is 0.185. The zero-order valence-electron chi connectivity index (χ0n) is 18.4. The van der Waals surface area contributed by atoms with Gasteiger partial charge in [-0.1, -0.05) is 36.4 Å². The Kier molecular flexibility index (Phi) is 5.94. The van der Waals surface area contributed by atoms with Crippen molar-refractivity contribution >= 4 is 16.7 Å². The van der Waals surface area contributed by atoms with E-state index in [-0.39, 0.29) is 0 Å². The molecule has 5 nitrogen and oxygen atoms in total. The van der Waals surface area contributed by atoms with Crippen LogP contribution in [0.5, 0.6) is 11.6 Å². The van der Waals surface area contributed by atoms with Crippen molar-refractivity contribution in [3.8, 4) is 11.6 Å². The molecule has 172 valence electrons. The number of carbonyl (C=O) groups is 1. The molecule has 4 aromatic rings. The number of carbonyl (C=O) groups excluding carboxylic acids is 1. The minimum atomic E-state index is -0.809. The summed E-state index contributed by atoms with van der Waals surface area (Å²) in [5, 5.41) is 2.07. The Labute approximate surface area is 195 Å². The van der Waals surface area contributed by atoms with Crippen LogP contribution < -0.4 is 10.5 Å². The molecule has 0 spiro atoms. The number of hydrogen-bond acceptors (Lipinski definition) is 4. The molecular weight excluding hydrogens is 436 g/mol. The summed E-state index contributed by atoms with van der Waals surface area (Å²) in [4.78, 5) is 17.8. The first-order valence-corrected chi connectivity index (χ1v) is 11.1. The van der Waals surface area contributed by atoms with Gasteiger partial charge in [-0.15, -0.1) is 0 Å². The number of aromatic nitrogens is 1. The second-order valence-electron chi connectivity index (χ2n) is 8.63. The summed E-state index contributed by atoms with van der Waals surface area (Å²) < 4.78 is 32.6. The quantitative estimate of drug-likeness (QED) is 0.419. The van der Waals surface area contributed by atoms with E-state index in [1.807, 2.05) is 24.3 Å². The predicted octanol–water partition coefficient (Wildman–Crippen LogP) is 5.08. The zero-order chi connectivity index (χ0) is 23.7. The maximum absolute atomic E-state index is 13.5. The number of nitrogens with two attached hydrogens (primary N) is 1. The summed E-state index contributed by atoms with van der Waals surface area (Å²) in [6, 6.07) is 19.4. The molecule has 0 aliphatic carbocycles. The number of ether oxygens (including phenoxy) is 1. The van der Waals surface area contributed by atoms with E-state index in [1.54, 1.807) is 18.2 Å². The van der Waals surface area contributed by atoms with Crippen molar-refractivity contribution < 1.29 is 18.3 Å². The van der Waals surface area contributed by atoms with Crippen LogP contribution in [0.3, 0.4) is 0 Å². The van der Waals surface area contributed by atoms with Gasteiger partial charge >= 0.3 is 0 Å². The Morgan fingerprint density at radius 3 is 2.50 bits per heavy atom. The second-order valence-corrected chi connectivity index (χ2v) is 8.63. The second kappa shape index (κ2) is 9.19. The number of primary amides is 1. The summed E-state index contributed by atoms with van der Waals surface area (Å²) in [5.41, 5.74) is 7.61. The molecule has 2 N–H and O–H groups in total. The minimum Gasteiger partial charge on any atom is -0.438 e. The number of halogens is 2. The molecule has 1 fully saturated rings. The zero-order valence-corrected chi connectivity index (χ0v) is 18.4. The van der Waals surface area contributed by atoms with E-state index >= 15 is 0 Å². The molecule has 5 rings (SSSR count). The van der Waals surface area contributed by atoms with Gasteiger partial charge in [0.25, 0.3) is 0 Å². The lowest BCUT2D eigenvalue weighted by molar-refractivity contribution is 0.0930. The molecule has 3 aromatic carbocycles. The van der Waals surface area contributed by atoms with Crippen LogP contribution in [0.2, 0.25) is 0 Å². The minimum absolute atomic E-state index is 0.324. The van der Waals surface area contributed by atoms with Crippen molar-refractivity contribution in [1.82, 2.24) is 9.88 Å². The molecule has 7 heteroatoms. The average Bonchev–Trinajstić information content (AvgIpc) is 2.81. The Hall–Kier alpha value is -3.84. The molecule has 0 radical (unpaired) electrons. The van der Waals surface area contributed by atoms with Crippen LogP contribution in [0.25, 0.3) is 10.8 Å². The number of hydrogen-bond donors (Lipinski definition) is 1. The molecule has 1 aliphatic rings. The van der Waals surface area contributed by atoms with Gasteiger partial charge in [0, 0.05) is 37.3 Å². The van der Waals surface area contributed by atoms with E-state index in [9.17, 15) is 13.6 Å². The van der Waals surface area contributed by atoms with E-state index in [0.717, 1.165) is 42.4 Å². The largest absolute Gasteiger partial charge is 0.438 e. The number of amides is 1. The Balaban J connectivity index is 1.27. The Morgan fingerprint density at radius 1 is 1.00 bits per heavy atom. The molecule has 2 heterocycles. The highest BCUT2D eigenvalue weighted by molar-refractivity contribution is 5.92. The van der Waals surface area contributed by atoms with E-state index in [1.165, 1.54) is 23.9 Å². The van der Waals surface area contributed by atoms with Crippen LogP contribution in [-0.4, -0.2) is 28.9 Å². The van der Waals surface area contributed by atoms with Crippen LogP contribution in [0.15, 0.2) is 72.9 Å². The fourth-order valence-corrected chi connectivity index (χ4v) is 4.44. The number of pyridine rings is 1. The lowest BCUT2D eigenvalue weighted by Gasteiger charge is -2.39. The first-order valence-electron chi connectivity index (χ1n) is 11.1. The molecule has 34 heavy (non-hydrogen) atoms. The third kappa shape index (κ3) is 4.61. The molecule has 0 saturated carbocycles. The summed E-state index contributed by atoms with van der Waals surface area (Å²) in [5.74, 6) is -0.650. The van der Waals surface area contributed by atoms with Crippen LogP contribution in [0.1, 0.15) is 21.5 Å².